The van der Waals surface area contributed by atoms with Crippen molar-refractivity contribution in [3.05, 3.63) is 45.9 Å². The van der Waals surface area contributed by atoms with E-state index in [9.17, 15) is 4.39 Å². The molecule has 1 unspecified atom stereocenters. The number of fused-ring (bicyclic) bond motifs is 1. The van der Waals surface area contributed by atoms with Crippen molar-refractivity contribution in [2.45, 2.75) is 58.9 Å². The Morgan fingerprint density at radius 1 is 1.27 bits per heavy atom. The monoisotopic (exact) mass is 432 g/mol. The summed E-state index contributed by atoms with van der Waals surface area (Å²) < 4.78 is 14.5. The zero-order chi connectivity index (χ0) is 21.9. The molecule has 4 rings (SSSR count). The highest BCUT2D eigenvalue weighted by Gasteiger charge is 2.25. The number of anilines is 1. The van der Waals surface area contributed by atoms with Gasteiger partial charge >= 0.3 is 0 Å². The van der Waals surface area contributed by atoms with E-state index < -0.39 is 0 Å². The fourth-order valence-corrected chi connectivity index (χ4v) is 4.68. The summed E-state index contributed by atoms with van der Waals surface area (Å²) in [5, 5.41) is 2.08. The number of aliphatic imine (C=N–C) groups is 1. The van der Waals surface area contributed by atoms with E-state index in [2.05, 4.69) is 46.3 Å². The number of halogens is 1. The molecule has 6 heteroatoms. The van der Waals surface area contributed by atoms with Crippen LogP contribution in [0.15, 0.2) is 34.6 Å². The molecule has 1 fully saturated rings. The molecule has 1 aromatic heterocycles. The summed E-state index contributed by atoms with van der Waals surface area (Å²) in [6, 6.07) is 8.26. The Morgan fingerprint density at radius 2 is 2.07 bits per heavy atom. The molecule has 2 N–H and O–H groups in total. The van der Waals surface area contributed by atoms with Gasteiger partial charge in [-0.15, -0.1) is 11.3 Å². The number of thiophene rings is 1. The van der Waals surface area contributed by atoms with Crippen LogP contribution in [0.25, 0.3) is 0 Å². The first-order chi connectivity index (χ1) is 14.6. The summed E-state index contributed by atoms with van der Waals surface area (Å²) in [6.07, 6.45) is 6.87. The van der Waals surface area contributed by atoms with Gasteiger partial charge in [0.05, 0.1) is 17.7 Å². The summed E-state index contributed by atoms with van der Waals surface area (Å²) >= 11 is 1.78. The second-order valence-electron chi connectivity index (χ2n) is 7.59. The Bertz CT molecular complexity index is 776. The largest absolute Gasteiger partial charge is 0.390 e. The first-order valence-electron chi connectivity index (χ1n) is 11.1. The van der Waals surface area contributed by atoms with Crippen molar-refractivity contribution in [1.29, 1.82) is 0 Å². The topological polar surface area (TPSA) is 44.9 Å². The molecule has 1 atom stereocenters. The Morgan fingerprint density at radius 3 is 2.63 bits per heavy atom. The lowest BCUT2D eigenvalue weighted by atomic mass is 9.99. The van der Waals surface area contributed by atoms with Gasteiger partial charge < -0.3 is 15.5 Å². The van der Waals surface area contributed by atoms with Crippen LogP contribution in [-0.2, 0) is 6.42 Å². The van der Waals surface area contributed by atoms with E-state index in [1.54, 1.807) is 11.3 Å². The van der Waals surface area contributed by atoms with Crippen LogP contribution in [0.2, 0.25) is 0 Å². The van der Waals surface area contributed by atoms with E-state index in [1.807, 2.05) is 19.9 Å². The van der Waals surface area contributed by atoms with Crippen LogP contribution < -0.4 is 10.6 Å². The SMILES string of the molecule is CC.CN1CCCC1CCN1CCCc2cc(N=CN)cc(F)c21.Cc1cccs1. The fourth-order valence-electron chi connectivity index (χ4n) is 4.15. The van der Waals surface area contributed by atoms with Crippen LogP contribution in [0.5, 0.6) is 0 Å². The van der Waals surface area contributed by atoms with Gasteiger partial charge in [-0.3, -0.25) is 0 Å². The highest BCUT2D eigenvalue weighted by atomic mass is 32.1. The Labute approximate surface area is 185 Å². The maximum atomic E-state index is 14.5. The second kappa shape index (κ2) is 12.7. The molecule has 0 aliphatic carbocycles. The minimum atomic E-state index is -0.169. The van der Waals surface area contributed by atoms with Gasteiger partial charge in [-0.25, -0.2) is 9.38 Å². The lowest BCUT2D eigenvalue weighted by Gasteiger charge is -2.33. The molecule has 1 saturated heterocycles. The third-order valence-electron chi connectivity index (χ3n) is 5.61. The molecule has 0 radical (unpaired) electrons. The second-order valence-corrected chi connectivity index (χ2v) is 8.74. The molecular formula is C24H37FN4S. The van der Waals surface area contributed by atoms with Gasteiger partial charge in [0.15, 0.2) is 0 Å². The van der Waals surface area contributed by atoms with Gasteiger partial charge in [-0.1, -0.05) is 19.9 Å². The van der Waals surface area contributed by atoms with Crippen molar-refractivity contribution >= 4 is 29.1 Å². The van der Waals surface area contributed by atoms with Crippen molar-refractivity contribution in [2.24, 2.45) is 10.7 Å². The number of benzene rings is 1. The standard InChI is InChI=1S/C17H25FN4.C5H6S.C2H6/c1-21-7-3-5-15(21)6-9-22-8-2-4-13-10-14(20-12-19)11-16(18)17(13)22;1-5-3-2-4-6-5;1-2/h10-12,15H,2-9H2,1H3,(H2,19,20);2-4H,1H3;1-2H3. The fraction of sp³-hybridized carbons (Fsp3) is 0.542. The molecule has 4 nitrogen and oxygen atoms in total. The molecule has 30 heavy (non-hydrogen) atoms. The zero-order valence-electron chi connectivity index (χ0n) is 18.9. The molecule has 0 spiro atoms. The zero-order valence-corrected chi connectivity index (χ0v) is 19.7. The van der Waals surface area contributed by atoms with Gasteiger partial charge in [-0.2, -0.15) is 0 Å². The van der Waals surface area contributed by atoms with Crippen LogP contribution in [0.3, 0.4) is 0 Å². The van der Waals surface area contributed by atoms with Crippen molar-refractivity contribution in [2.75, 3.05) is 31.6 Å². The van der Waals surface area contributed by atoms with E-state index >= 15 is 0 Å². The normalized spacial score (nSPS) is 18.4. The first kappa shape index (κ1) is 24.4. The molecule has 0 saturated carbocycles. The van der Waals surface area contributed by atoms with Gasteiger partial charge in [0, 0.05) is 30.1 Å². The number of likely N-dealkylation sites (tertiary alicyclic amines) is 1. The summed E-state index contributed by atoms with van der Waals surface area (Å²) in [5.41, 5.74) is 7.76. The van der Waals surface area contributed by atoms with Crippen molar-refractivity contribution in [3.8, 4) is 0 Å². The Hall–Kier alpha value is -1.92. The molecule has 0 amide bonds. The van der Waals surface area contributed by atoms with Crippen molar-refractivity contribution in [3.63, 3.8) is 0 Å². The first-order valence-corrected chi connectivity index (χ1v) is 12.0. The maximum absolute atomic E-state index is 14.5. The van der Waals surface area contributed by atoms with Crippen LogP contribution in [0.1, 0.15) is 50.0 Å². The average molecular weight is 433 g/mol. The van der Waals surface area contributed by atoms with E-state index in [0.717, 1.165) is 43.6 Å². The third kappa shape index (κ3) is 6.81. The number of nitrogens with zero attached hydrogens (tertiary/aromatic N) is 3. The highest BCUT2D eigenvalue weighted by Crippen LogP contribution is 2.34. The van der Waals surface area contributed by atoms with Crippen LogP contribution >= 0.6 is 11.3 Å². The number of hydrogen-bond donors (Lipinski definition) is 1. The quantitative estimate of drug-likeness (QED) is 0.493. The van der Waals surface area contributed by atoms with Crippen molar-refractivity contribution < 1.29 is 4.39 Å². The van der Waals surface area contributed by atoms with E-state index in [0.29, 0.717) is 11.7 Å². The Kier molecular flexibility index (Phi) is 10.3. The minimum Gasteiger partial charge on any atom is -0.390 e. The molecule has 2 aliphatic heterocycles. The average Bonchev–Trinajstić information content (AvgIpc) is 3.39. The van der Waals surface area contributed by atoms with Crippen molar-refractivity contribution in [1.82, 2.24) is 4.90 Å². The molecule has 166 valence electrons. The van der Waals surface area contributed by atoms with Gasteiger partial charge in [-0.05, 0) is 75.7 Å². The molecular weight excluding hydrogens is 395 g/mol. The lowest BCUT2D eigenvalue weighted by Crippen LogP contribution is -2.35. The molecule has 2 aliphatic rings. The van der Waals surface area contributed by atoms with E-state index in [4.69, 9.17) is 5.73 Å². The minimum absolute atomic E-state index is 0.169. The number of rotatable bonds is 4. The maximum Gasteiger partial charge on any atom is 0.148 e. The molecule has 2 aromatic rings. The van der Waals surface area contributed by atoms with E-state index in [1.165, 1.54) is 36.7 Å². The molecule has 3 heterocycles. The van der Waals surface area contributed by atoms with Crippen LogP contribution in [-0.4, -0.2) is 44.0 Å². The van der Waals surface area contributed by atoms with E-state index in [-0.39, 0.29) is 5.82 Å². The predicted octanol–water partition coefficient (Wildman–Crippen LogP) is 5.76. The van der Waals surface area contributed by atoms with Crippen LogP contribution in [0, 0.1) is 12.7 Å². The van der Waals surface area contributed by atoms with Gasteiger partial charge in [0.25, 0.3) is 0 Å². The molecule has 0 bridgehead atoms. The van der Waals surface area contributed by atoms with Crippen LogP contribution in [0.4, 0.5) is 15.8 Å². The number of aryl methyl sites for hydroxylation is 2. The third-order valence-corrected chi connectivity index (χ3v) is 6.41. The predicted molar refractivity (Wildman–Crippen MR) is 130 cm³/mol. The summed E-state index contributed by atoms with van der Waals surface area (Å²) in [7, 11) is 2.19. The van der Waals surface area contributed by atoms with Gasteiger partial charge in [0.2, 0.25) is 0 Å². The highest BCUT2D eigenvalue weighted by molar-refractivity contribution is 7.09. The smallest absolute Gasteiger partial charge is 0.148 e. The lowest BCUT2D eigenvalue weighted by molar-refractivity contribution is 0.297. The summed E-state index contributed by atoms with van der Waals surface area (Å²) in [6.45, 7) is 9.17. The Balaban J connectivity index is 0.000000340. The number of hydrogen-bond acceptors (Lipinski definition) is 4. The summed E-state index contributed by atoms with van der Waals surface area (Å²) in [4.78, 5) is 10.0. The molecule has 1 aromatic carbocycles. The van der Waals surface area contributed by atoms with Gasteiger partial charge in [0.1, 0.15) is 5.82 Å². The number of nitrogens with two attached hydrogens (primary N) is 1. The summed E-state index contributed by atoms with van der Waals surface area (Å²) in [5.74, 6) is -0.169.